The van der Waals surface area contributed by atoms with Gasteiger partial charge < -0.3 is 10.2 Å². The molecule has 0 radical (unpaired) electrons. The molecule has 1 aromatic carbocycles. The summed E-state index contributed by atoms with van der Waals surface area (Å²) in [5.74, 6) is 0.164. The molecule has 3 nitrogen and oxygen atoms in total. The van der Waals surface area contributed by atoms with Crippen molar-refractivity contribution in [3.8, 4) is 0 Å². The van der Waals surface area contributed by atoms with E-state index < -0.39 is 0 Å². The minimum absolute atomic E-state index is 0.164. The lowest BCUT2D eigenvalue weighted by Crippen LogP contribution is -2.50. The van der Waals surface area contributed by atoms with Crippen LogP contribution >= 0.6 is 35.0 Å². The summed E-state index contributed by atoms with van der Waals surface area (Å²) >= 11 is 13.7. The van der Waals surface area contributed by atoms with Crippen molar-refractivity contribution < 1.29 is 4.79 Å². The third-order valence-electron chi connectivity index (χ3n) is 4.89. The second kappa shape index (κ2) is 7.22. The molecule has 126 valence electrons. The lowest BCUT2D eigenvalue weighted by atomic mass is 9.98. The van der Waals surface area contributed by atoms with Crippen molar-refractivity contribution in [3.05, 3.63) is 28.2 Å². The topological polar surface area (TPSA) is 32.3 Å². The number of nitrogens with zero attached hydrogens (tertiary/aromatic N) is 1. The molecule has 2 aliphatic heterocycles. The van der Waals surface area contributed by atoms with E-state index in [0.29, 0.717) is 28.2 Å². The van der Waals surface area contributed by atoms with Crippen molar-refractivity contribution in [2.45, 2.75) is 60.9 Å². The fourth-order valence-corrected chi connectivity index (χ4v) is 5.13. The van der Waals surface area contributed by atoms with Crippen LogP contribution in [0.1, 0.15) is 32.6 Å². The number of thioether (sulfide) groups is 1. The van der Waals surface area contributed by atoms with Gasteiger partial charge in [-0.05, 0) is 50.8 Å². The summed E-state index contributed by atoms with van der Waals surface area (Å²) in [6.45, 7) is 1.94. The monoisotopic (exact) mass is 372 g/mol. The number of rotatable bonds is 4. The van der Waals surface area contributed by atoms with Crippen LogP contribution in [0.4, 0.5) is 0 Å². The van der Waals surface area contributed by atoms with Crippen LogP contribution in [0.15, 0.2) is 23.1 Å². The molecule has 3 unspecified atom stereocenters. The Morgan fingerprint density at radius 1 is 1.30 bits per heavy atom. The molecule has 2 saturated heterocycles. The largest absolute Gasteiger partial charge is 0.342 e. The number of hydrogen-bond acceptors (Lipinski definition) is 3. The summed E-state index contributed by atoms with van der Waals surface area (Å²) in [4.78, 5) is 15.6. The molecular formula is C17H22Cl2N2OS. The Labute approximate surface area is 152 Å². The minimum Gasteiger partial charge on any atom is -0.342 e. The first-order valence-corrected chi connectivity index (χ1v) is 9.72. The number of hydrogen-bond donors (Lipinski definition) is 1. The smallest absolute Gasteiger partial charge is 0.235 e. The van der Waals surface area contributed by atoms with Gasteiger partial charge in [-0.2, -0.15) is 0 Å². The molecule has 1 amide bonds. The van der Waals surface area contributed by atoms with Crippen LogP contribution < -0.4 is 5.32 Å². The zero-order valence-corrected chi connectivity index (χ0v) is 15.7. The molecule has 0 saturated carbocycles. The highest BCUT2D eigenvalue weighted by Crippen LogP contribution is 2.34. The Kier molecular flexibility index (Phi) is 5.46. The Morgan fingerprint density at radius 3 is 2.61 bits per heavy atom. The van der Waals surface area contributed by atoms with Crippen molar-refractivity contribution >= 4 is 40.9 Å². The van der Waals surface area contributed by atoms with E-state index in [1.165, 1.54) is 24.6 Å². The van der Waals surface area contributed by atoms with E-state index in [2.05, 4.69) is 5.32 Å². The third kappa shape index (κ3) is 3.98. The van der Waals surface area contributed by atoms with Gasteiger partial charge >= 0.3 is 0 Å². The van der Waals surface area contributed by atoms with Crippen LogP contribution in [0.3, 0.4) is 0 Å². The molecule has 6 heteroatoms. The second-order valence-corrected chi connectivity index (χ2v) is 8.77. The Morgan fingerprint density at radius 2 is 1.96 bits per heavy atom. The minimum atomic E-state index is -0.177. The molecule has 23 heavy (non-hydrogen) atoms. The van der Waals surface area contributed by atoms with Gasteiger partial charge in [0.1, 0.15) is 0 Å². The summed E-state index contributed by atoms with van der Waals surface area (Å²) in [5, 5.41) is 4.72. The summed E-state index contributed by atoms with van der Waals surface area (Å²) in [5.41, 5.74) is 0. The van der Waals surface area contributed by atoms with Crippen LogP contribution in [-0.4, -0.2) is 41.2 Å². The van der Waals surface area contributed by atoms with Crippen LogP contribution in [-0.2, 0) is 4.79 Å². The zero-order chi connectivity index (χ0) is 16.6. The fraction of sp³-hybridized carbons (Fsp3) is 0.588. The molecule has 3 atom stereocenters. The number of piperidine rings is 1. The Balaban J connectivity index is 1.63. The quantitative estimate of drug-likeness (QED) is 0.803. The molecule has 2 bridgehead atoms. The number of carbonyl (C=O) groups excluding carboxylic acids is 1. The van der Waals surface area contributed by atoms with E-state index in [4.69, 9.17) is 23.2 Å². The van der Waals surface area contributed by atoms with E-state index in [1.807, 2.05) is 24.9 Å². The maximum absolute atomic E-state index is 12.8. The van der Waals surface area contributed by atoms with Crippen molar-refractivity contribution in [2.24, 2.45) is 0 Å². The number of halogens is 2. The average molecular weight is 373 g/mol. The van der Waals surface area contributed by atoms with Crippen LogP contribution in [0, 0.1) is 0 Å². The van der Waals surface area contributed by atoms with Crippen LogP contribution in [0.5, 0.6) is 0 Å². The van der Waals surface area contributed by atoms with Crippen LogP contribution in [0.2, 0.25) is 10.0 Å². The molecule has 3 rings (SSSR count). The molecule has 2 aliphatic rings. The normalized spacial score (nSPS) is 27.7. The predicted octanol–water partition coefficient (Wildman–Crippen LogP) is 4.22. The highest BCUT2D eigenvalue weighted by atomic mass is 35.5. The highest BCUT2D eigenvalue weighted by molar-refractivity contribution is 8.00. The average Bonchev–Trinajstić information content (AvgIpc) is 2.87. The second-order valence-electron chi connectivity index (χ2n) is 6.55. The lowest BCUT2D eigenvalue weighted by Gasteiger charge is -2.36. The summed E-state index contributed by atoms with van der Waals surface area (Å²) < 4.78 is 0. The van der Waals surface area contributed by atoms with E-state index in [-0.39, 0.29) is 11.2 Å². The lowest BCUT2D eigenvalue weighted by molar-refractivity contribution is -0.131. The van der Waals surface area contributed by atoms with Gasteiger partial charge in [0.05, 0.1) is 10.3 Å². The zero-order valence-electron chi connectivity index (χ0n) is 13.4. The van der Waals surface area contributed by atoms with E-state index >= 15 is 0 Å². The van der Waals surface area contributed by atoms with Gasteiger partial charge in [-0.1, -0.05) is 23.2 Å². The maximum Gasteiger partial charge on any atom is 0.235 e. The van der Waals surface area contributed by atoms with Gasteiger partial charge in [-0.3, -0.25) is 4.79 Å². The molecule has 2 heterocycles. The summed E-state index contributed by atoms with van der Waals surface area (Å²) in [6, 6.07) is 6.87. The van der Waals surface area contributed by atoms with E-state index in [9.17, 15) is 4.79 Å². The van der Waals surface area contributed by atoms with Gasteiger partial charge in [0.2, 0.25) is 5.91 Å². The first-order chi connectivity index (χ1) is 10.9. The van der Waals surface area contributed by atoms with Gasteiger partial charge in [0.25, 0.3) is 0 Å². The summed E-state index contributed by atoms with van der Waals surface area (Å²) in [6.07, 6.45) is 4.61. The van der Waals surface area contributed by atoms with Crippen LogP contribution in [0.25, 0.3) is 0 Å². The number of benzene rings is 1. The number of amides is 1. The SMILES string of the molecule is CC(Sc1cc(Cl)ccc1Cl)C(=O)N(C)C1CC2CCC(C1)N2. The Hall–Kier alpha value is -0.420. The fourth-order valence-electron chi connectivity index (χ4n) is 3.62. The van der Waals surface area contributed by atoms with Crippen molar-refractivity contribution in [3.63, 3.8) is 0 Å². The molecule has 0 aliphatic carbocycles. The molecule has 1 N–H and O–H groups in total. The van der Waals surface area contributed by atoms with Gasteiger partial charge in [0.15, 0.2) is 0 Å². The van der Waals surface area contributed by atoms with Gasteiger partial charge in [-0.25, -0.2) is 0 Å². The highest BCUT2D eigenvalue weighted by Gasteiger charge is 2.37. The number of fused-ring (bicyclic) bond motifs is 2. The molecule has 2 fully saturated rings. The molecular weight excluding hydrogens is 351 g/mol. The van der Waals surface area contributed by atoms with Crippen molar-refractivity contribution in [1.29, 1.82) is 0 Å². The Bertz CT molecular complexity index is 586. The third-order valence-corrected chi connectivity index (χ3v) is 6.71. The van der Waals surface area contributed by atoms with E-state index in [0.717, 1.165) is 17.7 Å². The molecule has 1 aromatic rings. The number of nitrogens with one attached hydrogen (secondary N) is 1. The predicted molar refractivity (Wildman–Crippen MR) is 97.5 cm³/mol. The molecule has 0 aromatic heterocycles. The molecule has 0 spiro atoms. The van der Waals surface area contributed by atoms with Gasteiger partial charge in [0, 0.05) is 35.1 Å². The van der Waals surface area contributed by atoms with Gasteiger partial charge in [-0.15, -0.1) is 11.8 Å². The standard InChI is InChI=1S/C17H22Cl2N2OS/c1-10(23-16-7-11(18)3-6-15(16)19)17(22)21(2)14-8-12-4-5-13(9-14)20-12/h3,6-7,10,12-14,20H,4-5,8-9H2,1-2H3. The van der Waals surface area contributed by atoms with E-state index in [1.54, 1.807) is 12.1 Å². The maximum atomic E-state index is 12.8. The van der Waals surface area contributed by atoms with Crippen molar-refractivity contribution in [1.82, 2.24) is 10.2 Å². The summed E-state index contributed by atoms with van der Waals surface area (Å²) in [7, 11) is 1.94. The number of carbonyl (C=O) groups is 1. The first kappa shape index (κ1) is 17.4. The first-order valence-electron chi connectivity index (χ1n) is 8.08. The van der Waals surface area contributed by atoms with Crippen molar-refractivity contribution in [2.75, 3.05) is 7.05 Å².